The van der Waals surface area contributed by atoms with Crippen molar-refractivity contribution in [3.05, 3.63) is 35.0 Å². The first-order chi connectivity index (χ1) is 8.61. The maximum Gasteiger partial charge on any atom is 0.250 e. The van der Waals surface area contributed by atoms with Gasteiger partial charge in [0.05, 0.1) is 11.1 Å². The number of primary amides is 1. The lowest BCUT2D eigenvalue weighted by atomic mass is 9.88. The molecule has 1 unspecified atom stereocenters. The molecule has 1 aliphatic rings. The molecule has 3 heteroatoms. The molecule has 1 amide bonds. The Labute approximate surface area is 107 Å². The molecule has 1 atom stereocenters. The molecule has 18 heavy (non-hydrogen) atoms. The summed E-state index contributed by atoms with van der Waals surface area (Å²) in [5.74, 6) is 0.220. The molecule has 3 nitrogen and oxygen atoms in total. The smallest absolute Gasteiger partial charge is 0.250 e. The highest BCUT2D eigenvalue weighted by Gasteiger charge is 2.25. The number of carbonyl (C=O) groups excluding carboxylic acids is 1. The number of nitrogens with two attached hydrogens (primary N) is 1. The summed E-state index contributed by atoms with van der Waals surface area (Å²) in [6.07, 6.45) is 3.57. The van der Waals surface area contributed by atoms with E-state index in [2.05, 4.69) is 24.6 Å². The summed E-state index contributed by atoms with van der Waals surface area (Å²) in [4.78, 5) is 11.6. The largest absolute Gasteiger partial charge is 0.366 e. The van der Waals surface area contributed by atoms with E-state index in [1.165, 1.54) is 29.5 Å². The van der Waals surface area contributed by atoms with E-state index in [0.29, 0.717) is 11.5 Å². The van der Waals surface area contributed by atoms with E-state index in [4.69, 9.17) is 5.73 Å². The van der Waals surface area contributed by atoms with Gasteiger partial charge in [0.1, 0.15) is 0 Å². The van der Waals surface area contributed by atoms with Crippen molar-refractivity contribution < 1.29 is 4.79 Å². The standard InChI is InChI=1S/C15H18N2O/c1-9-5-3-6-10-11-7-4-8-12(15(16)18)14(11)17(2)13(9)10/h4,7-9H,3,5-6H2,1-2H3,(H2,16,18). The second-order valence-electron chi connectivity index (χ2n) is 5.28. The second kappa shape index (κ2) is 3.87. The lowest BCUT2D eigenvalue weighted by Gasteiger charge is -2.20. The molecule has 0 bridgehead atoms. The Morgan fingerprint density at radius 1 is 1.44 bits per heavy atom. The van der Waals surface area contributed by atoms with Gasteiger partial charge in [0.2, 0.25) is 0 Å². The van der Waals surface area contributed by atoms with E-state index >= 15 is 0 Å². The Morgan fingerprint density at radius 3 is 2.94 bits per heavy atom. The number of aromatic nitrogens is 1. The van der Waals surface area contributed by atoms with Crippen LogP contribution in [0.1, 0.15) is 47.3 Å². The van der Waals surface area contributed by atoms with Crippen LogP contribution in [0.4, 0.5) is 0 Å². The van der Waals surface area contributed by atoms with Crippen molar-refractivity contribution in [2.24, 2.45) is 12.8 Å². The van der Waals surface area contributed by atoms with Gasteiger partial charge < -0.3 is 10.3 Å². The number of aryl methyl sites for hydroxylation is 2. The Balaban J connectivity index is 2.42. The van der Waals surface area contributed by atoms with E-state index in [1.54, 1.807) is 0 Å². The Bertz CT molecular complexity index is 639. The van der Waals surface area contributed by atoms with Crippen molar-refractivity contribution in [2.45, 2.75) is 32.1 Å². The molecule has 0 radical (unpaired) electrons. The van der Waals surface area contributed by atoms with E-state index in [-0.39, 0.29) is 5.91 Å². The third-order valence-corrected chi connectivity index (χ3v) is 4.16. The minimum absolute atomic E-state index is 0.341. The van der Waals surface area contributed by atoms with Crippen LogP contribution in [0.5, 0.6) is 0 Å². The molecule has 1 aromatic carbocycles. The minimum atomic E-state index is -0.341. The molecule has 94 valence electrons. The van der Waals surface area contributed by atoms with Gasteiger partial charge in [0, 0.05) is 18.1 Å². The number of hydrogen-bond acceptors (Lipinski definition) is 1. The van der Waals surface area contributed by atoms with Crippen molar-refractivity contribution in [1.82, 2.24) is 4.57 Å². The molecule has 0 fully saturated rings. The van der Waals surface area contributed by atoms with Gasteiger partial charge in [-0.15, -0.1) is 0 Å². The van der Waals surface area contributed by atoms with Crippen LogP contribution in [0.15, 0.2) is 18.2 Å². The second-order valence-corrected chi connectivity index (χ2v) is 5.28. The highest BCUT2D eigenvalue weighted by molar-refractivity contribution is 6.06. The molecule has 1 aromatic heterocycles. The summed E-state index contributed by atoms with van der Waals surface area (Å²) in [5.41, 5.74) is 9.92. The lowest BCUT2D eigenvalue weighted by Crippen LogP contribution is -2.13. The quantitative estimate of drug-likeness (QED) is 0.821. The SMILES string of the molecule is CC1CCCc2c1n(C)c1c(C(N)=O)cccc21. The van der Waals surface area contributed by atoms with Crippen LogP contribution in [-0.4, -0.2) is 10.5 Å². The zero-order chi connectivity index (χ0) is 12.9. The van der Waals surface area contributed by atoms with E-state index in [0.717, 1.165) is 11.9 Å². The maximum absolute atomic E-state index is 11.6. The first-order valence-corrected chi connectivity index (χ1v) is 6.51. The summed E-state index contributed by atoms with van der Waals surface area (Å²) >= 11 is 0. The van der Waals surface area contributed by atoms with E-state index in [1.807, 2.05) is 12.1 Å². The average molecular weight is 242 g/mol. The van der Waals surface area contributed by atoms with Crippen molar-refractivity contribution >= 4 is 16.8 Å². The first-order valence-electron chi connectivity index (χ1n) is 6.51. The van der Waals surface area contributed by atoms with E-state index in [9.17, 15) is 4.79 Å². The normalized spacial score (nSPS) is 18.9. The van der Waals surface area contributed by atoms with Crippen LogP contribution in [0.25, 0.3) is 10.9 Å². The van der Waals surface area contributed by atoms with Gasteiger partial charge in [-0.1, -0.05) is 19.1 Å². The minimum Gasteiger partial charge on any atom is -0.366 e. The molecule has 2 aromatic rings. The molecule has 0 saturated heterocycles. The van der Waals surface area contributed by atoms with E-state index < -0.39 is 0 Å². The van der Waals surface area contributed by atoms with Gasteiger partial charge in [-0.05, 0) is 36.8 Å². The number of fused-ring (bicyclic) bond motifs is 3. The van der Waals surface area contributed by atoms with Crippen LogP contribution >= 0.6 is 0 Å². The monoisotopic (exact) mass is 242 g/mol. The molecule has 0 aliphatic heterocycles. The topological polar surface area (TPSA) is 48.0 Å². The summed E-state index contributed by atoms with van der Waals surface area (Å²) in [7, 11) is 2.05. The van der Waals surface area contributed by atoms with Crippen molar-refractivity contribution in [2.75, 3.05) is 0 Å². The fourth-order valence-electron chi connectivity index (χ4n) is 3.42. The summed E-state index contributed by atoms with van der Waals surface area (Å²) in [5, 5.41) is 1.20. The number of benzene rings is 1. The molecule has 2 N–H and O–H groups in total. The predicted octanol–water partition coefficient (Wildman–Crippen LogP) is 2.72. The fourth-order valence-corrected chi connectivity index (χ4v) is 3.42. The average Bonchev–Trinajstić information content (AvgIpc) is 2.65. The molecular formula is C15H18N2O. The van der Waals surface area contributed by atoms with Crippen molar-refractivity contribution in [3.63, 3.8) is 0 Å². The van der Waals surface area contributed by atoms with Gasteiger partial charge in [-0.25, -0.2) is 0 Å². The molecule has 3 rings (SSSR count). The Morgan fingerprint density at radius 2 is 2.22 bits per heavy atom. The summed E-state index contributed by atoms with van der Waals surface area (Å²) < 4.78 is 2.18. The highest BCUT2D eigenvalue weighted by Crippen LogP contribution is 2.38. The molecule has 0 spiro atoms. The Kier molecular flexibility index (Phi) is 2.44. The van der Waals surface area contributed by atoms with Crippen LogP contribution < -0.4 is 5.73 Å². The molecule has 1 aliphatic carbocycles. The molecule has 1 heterocycles. The van der Waals surface area contributed by atoms with Crippen LogP contribution in [0.2, 0.25) is 0 Å². The van der Waals surface area contributed by atoms with Gasteiger partial charge in [0.25, 0.3) is 5.91 Å². The molecular weight excluding hydrogens is 224 g/mol. The zero-order valence-corrected chi connectivity index (χ0v) is 10.9. The first kappa shape index (κ1) is 11.3. The summed E-state index contributed by atoms with van der Waals surface area (Å²) in [6.45, 7) is 2.26. The van der Waals surface area contributed by atoms with Crippen LogP contribution in [0, 0.1) is 0 Å². The Hall–Kier alpha value is -1.77. The van der Waals surface area contributed by atoms with Crippen LogP contribution in [-0.2, 0) is 13.5 Å². The highest BCUT2D eigenvalue weighted by atomic mass is 16.1. The van der Waals surface area contributed by atoms with Gasteiger partial charge >= 0.3 is 0 Å². The number of rotatable bonds is 1. The van der Waals surface area contributed by atoms with Gasteiger partial charge in [-0.2, -0.15) is 0 Å². The lowest BCUT2D eigenvalue weighted by molar-refractivity contribution is 0.100. The summed E-state index contributed by atoms with van der Waals surface area (Å²) in [6, 6.07) is 5.86. The van der Waals surface area contributed by atoms with Crippen molar-refractivity contribution in [3.8, 4) is 0 Å². The fraction of sp³-hybridized carbons (Fsp3) is 0.400. The third-order valence-electron chi connectivity index (χ3n) is 4.16. The zero-order valence-electron chi connectivity index (χ0n) is 10.9. The molecule has 0 saturated carbocycles. The van der Waals surface area contributed by atoms with Gasteiger partial charge in [-0.3, -0.25) is 4.79 Å². The maximum atomic E-state index is 11.6. The third kappa shape index (κ3) is 1.40. The number of amides is 1. The number of nitrogens with zero attached hydrogens (tertiary/aromatic N) is 1. The van der Waals surface area contributed by atoms with Crippen LogP contribution in [0.3, 0.4) is 0 Å². The number of para-hydroxylation sites is 1. The number of hydrogen-bond donors (Lipinski definition) is 1. The van der Waals surface area contributed by atoms with Gasteiger partial charge in [0.15, 0.2) is 0 Å². The number of carbonyl (C=O) groups is 1. The predicted molar refractivity (Wildman–Crippen MR) is 72.8 cm³/mol. The van der Waals surface area contributed by atoms with Crippen molar-refractivity contribution in [1.29, 1.82) is 0 Å².